The summed E-state index contributed by atoms with van der Waals surface area (Å²) in [5.74, 6) is -0.778. The van der Waals surface area contributed by atoms with Gasteiger partial charge in [0.25, 0.3) is 0 Å². The van der Waals surface area contributed by atoms with Crippen molar-refractivity contribution < 1.29 is 32.5 Å². The van der Waals surface area contributed by atoms with Crippen LogP contribution in [0.5, 0.6) is 0 Å². The van der Waals surface area contributed by atoms with Crippen LogP contribution in [0.15, 0.2) is 4.63 Å². The molecule has 1 unspecified atom stereocenters. The first-order valence-corrected chi connectivity index (χ1v) is 11.6. The molecule has 32 heavy (non-hydrogen) atoms. The van der Waals surface area contributed by atoms with Crippen LogP contribution >= 0.6 is 11.8 Å². The molecule has 0 bridgehead atoms. The summed E-state index contributed by atoms with van der Waals surface area (Å²) in [7, 11) is 0. The minimum absolute atomic E-state index is 0.0419. The van der Waals surface area contributed by atoms with Gasteiger partial charge in [0.1, 0.15) is 6.04 Å². The van der Waals surface area contributed by atoms with Crippen LogP contribution in [0.4, 0.5) is 13.2 Å². The number of thioether (sulfide) groups is 1. The number of amides is 1. The van der Waals surface area contributed by atoms with Gasteiger partial charge in [-0.1, -0.05) is 30.5 Å². The Morgan fingerprint density at radius 3 is 2.28 bits per heavy atom. The van der Waals surface area contributed by atoms with E-state index in [-0.39, 0.29) is 23.4 Å². The summed E-state index contributed by atoms with van der Waals surface area (Å²) in [5.41, 5.74) is -0.327. The van der Waals surface area contributed by atoms with Crippen molar-refractivity contribution in [3.05, 3.63) is 0 Å². The zero-order valence-corrected chi connectivity index (χ0v) is 19.2. The minimum Gasteiger partial charge on any atom is -0.475 e. The van der Waals surface area contributed by atoms with Crippen molar-refractivity contribution in [2.75, 3.05) is 18.2 Å². The Kier molecular flexibility index (Phi) is 8.75. The number of carbonyl (C=O) groups is 2. The zero-order chi connectivity index (χ0) is 24.1. The topological polar surface area (TPSA) is 116 Å². The fourth-order valence-electron chi connectivity index (χ4n) is 3.34. The highest BCUT2D eigenvalue weighted by atomic mass is 32.2. The van der Waals surface area contributed by atoms with Gasteiger partial charge in [-0.15, -0.1) is 11.8 Å². The number of rotatable bonds is 5. The predicted octanol–water partition coefficient (Wildman–Crippen LogP) is 3.06. The number of aliphatic carboxylic acids is 1. The van der Waals surface area contributed by atoms with Crippen molar-refractivity contribution in [3.63, 3.8) is 0 Å². The Bertz CT molecular complexity index is 797. The standard InChI is InChI=1S/C17H29N5O2S.C2HF3O2/c1-17(2,3)16(23)19-13-4-6-14(7-5-13)22-21(24-22)9-8-20-12-25-11-15(20)10-18;3-2(4,5)1(6)7/h13-15H,4-9,11-12H2,1-3H3,(H,19,23);(H,6,7). The third-order valence-corrected chi connectivity index (χ3v) is 6.41. The van der Waals surface area contributed by atoms with E-state index in [1.807, 2.05) is 42.2 Å². The molecule has 2 N–H and O–H groups in total. The van der Waals surface area contributed by atoms with Crippen molar-refractivity contribution in [1.29, 1.82) is 5.26 Å². The van der Waals surface area contributed by atoms with E-state index in [0.29, 0.717) is 6.04 Å². The number of halogens is 3. The SMILES string of the molecule is CC(C)(C)C(=O)NC1CCC(n2on2CCN2CSCC2C#N)CC1.O=C(O)C(F)(F)F. The molecule has 1 amide bonds. The summed E-state index contributed by atoms with van der Waals surface area (Å²) in [6.45, 7) is 7.51. The summed E-state index contributed by atoms with van der Waals surface area (Å²) in [6.07, 6.45) is -1.02. The van der Waals surface area contributed by atoms with Gasteiger partial charge in [-0.2, -0.15) is 18.4 Å². The Labute approximate surface area is 188 Å². The lowest BCUT2D eigenvalue weighted by Crippen LogP contribution is -2.43. The average molecular weight is 482 g/mol. The molecule has 0 aromatic carbocycles. The van der Waals surface area contributed by atoms with Crippen molar-refractivity contribution >= 4 is 23.6 Å². The molecular weight excluding hydrogens is 451 g/mol. The van der Waals surface area contributed by atoms with E-state index in [1.54, 1.807) is 0 Å². The molecule has 2 heterocycles. The second-order valence-electron chi connectivity index (χ2n) is 8.95. The molecule has 1 aliphatic heterocycles. The van der Waals surface area contributed by atoms with Crippen LogP contribution < -0.4 is 5.32 Å². The summed E-state index contributed by atoms with van der Waals surface area (Å²) >= 11 is 1.82. The number of carbonyl (C=O) groups excluding carboxylic acids is 1. The maximum atomic E-state index is 12.1. The van der Waals surface area contributed by atoms with Gasteiger partial charge in [-0.25, -0.2) is 4.79 Å². The maximum Gasteiger partial charge on any atom is 0.490 e. The van der Waals surface area contributed by atoms with Gasteiger partial charge in [0, 0.05) is 29.6 Å². The molecule has 0 spiro atoms. The Morgan fingerprint density at radius 2 is 1.78 bits per heavy atom. The van der Waals surface area contributed by atoms with Gasteiger partial charge in [-0.3, -0.25) is 14.3 Å². The summed E-state index contributed by atoms with van der Waals surface area (Å²) in [5, 5.41) is 19.4. The van der Waals surface area contributed by atoms with Gasteiger partial charge in [0.2, 0.25) is 5.91 Å². The van der Waals surface area contributed by atoms with E-state index in [0.717, 1.165) is 50.4 Å². The van der Waals surface area contributed by atoms with Crippen LogP contribution in [0.2, 0.25) is 0 Å². The zero-order valence-electron chi connectivity index (χ0n) is 18.4. The second kappa shape index (κ2) is 10.7. The number of carboxylic acid groups (broad SMARTS) is 1. The molecule has 1 saturated heterocycles. The predicted molar refractivity (Wildman–Crippen MR) is 111 cm³/mol. The molecule has 2 aliphatic rings. The van der Waals surface area contributed by atoms with Crippen LogP contribution in [0.1, 0.15) is 52.5 Å². The minimum atomic E-state index is -5.08. The number of hydrogen-bond acceptors (Lipinski definition) is 6. The highest BCUT2D eigenvalue weighted by Gasteiger charge is 2.38. The molecule has 9 nitrogen and oxygen atoms in total. The van der Waals surface area contributed by atoms with Crippen LogP contribution in [-0.2, 0) is 16.1 Å². The van der Waals surface area contributed by atoms with Gasteiger partial charge in [0.05, 0.1) is 18.7 Å². The first-order chi connectivity index (χ1) is 14.8. The van der Waals surface area contributed by atoms with Crippen molar-refractivity contribution in [2.45, 2.75) is 77.3 Å². The first kappa shape index (κ1) is 26.2. The molecule has 1 aromatic heterocycles. The van der Waals surface area contributed by atoms with Crippen LogP contribution in [-0.4, -0.2) is 68.0 Å². The second-order valence-corrected chi connectivity index (χ2v) is 9.95. The van der Waals surface area contributed by atoms with Gasteiger partial charge in [0.15, 0.2) is 0 Å². The van der Waals surface area contributed by atoms with E-state index in [2.05, 4.69) is 16.3 Å². The number of nitrogens with one attached hydrogen (secondary N) is 1. The fraction of sp³-hybridized carbons (Fsp3) is 0.842. The van der Waals surface area contributed by atoms with E-state index < -0.39 is 12.1 Å². The summed E-state index contributed by atoms with van der Waals surface area (Å²) < 4.78 is 37.4. The Morgan fingerprint density at radius 1 is 1.19 bits per heavy atom. The third kappa shape index (κ3) is 7.81. The van der Waals surface area contributed by atoms with Crippen molar-refractivity contribution in [1.82, 2.24) is 19.9 Å². The smallest absolute Gasteiger partial charge is 0.475 e. The van der Waals surface area contributed by atoms with Gasteiger partial charge < -0.3 is 10.4 Å². The lowest BCUT2D eigenvalue weighted by Gasteiger charge is -2.29. The van der Waals surface area contributed by atoms with Crippen molar-refractivity contribution in [2.24, 2.45) is 5.41 Å². The molecule has 0 radical (unpaired) electrons. The van der Waals surface area contributed by atoms with E-state index >= 15 is 0 Å². The molecule has 1 saturated carbocycles. The largest absolute Gasteiger partial charge is 0.490 e. The number of alkyl halides is 3. The number of nitrogens with zero attached hydrogens (tertiary/aromatic N) is 4. The first-order valence-electron chi connectivity index (χ1n) is 10.4. The molecule has 3 rings (SSSR count). The van der Waals surface area contributed by atoms with Gasteiger partial charge >= 0.3 is 12.1 Å². The quantitative estimate of drug-likeness (QED) is 0.664. The third-order valence-electron chi connectivity index (χ3n) is 5.34. The van der Waals surface area contributed by atoms with Crippen LogP contribution in [0.3, 0.4) is 0 Å². The number of nitriles is 1. The molecular formula is C19H30F3N5O4S. The molecule has 182 valence electrons. The molecule has 2 fully saturated rings. The number of carboxylic acids is 1. The lowest BCUT2D eigenvalue weighted by atomic mass is 9.89. The lowest BCUT2D eigenvalue weighted by molar-refractivity contribution is -0.192. The molecule has 1 atom stereocenters. The van der Waals surface area contributed by atoms with E-state index in [9.17, 15) is 18.0 Å². The van der Waals surface area contributed by atoms with Crippen LogP contribution in [0.25, 0.3) is 0 Å². The normalized spacial score (nSPS) is 24.5. The van der Waals surface area contributed by atoms with E-state index in [1.165, 1.54) is 0 Å². The maximum absolute atomic E-state index is 12.1. The Balaban J connectivity index is 0.000000451. The average Bonchev–Trinajstić information content (AvgIpc) is 3.33. The number of hydrogen-bond donors (Lipinski definition) is 2. The molecule has 1 aliphatic carbocycles. The van der Waals surface area contributed by atoms with E-state index in [4.69, 9.17) is 19.8 Å². The monoisotopic (exact) mass is 481 g/mol. The fourth-order valence-corrected chi connectivity index (χ4v) is 4.50. The Hall–Kier alpha value is -2.07. The summed E-state index contributed by atoms with van der Waals surface area (Å²) in [6, 6.07) is 3.09. The molecule has 13 heteroatoms. The van der Waals surface area contributed by atoms with Crippen molar-refractivity contribution in [3.8, 4) is 6.07 Å². The highest BCUT2D eigenvalue weighted by molar-refractivity contribution is 7.99. The summed E-state index contributed by atoms with van der Waals surface area (Å²) in [4.78, 5) is 27.1. The van der Waals surface area contributed by atoms with Gasteiger partial charge in [-0.05, 0) is 25.7 Å². The van der Waals surface area contributed by atoms with Crippen LogP contribution in [0, 0.1) is 16.7 Å². The number of aromatic nitrogens is 2. The molecule has 1 aromatic rings. The highest BCUT2D eigenvalue weighted by Crippen LogP contribution is 2.31.